The molecule has 0 saturated carbocycles. The van der Waals surface area contributed by atoms with Gasteiger partial charge < -0.3 is 4.74 Å². The van der Waals surface area contributed by atoms with Crippen LogP contribution in [0.4, 0.5) is 0 Å². The topological polar surface area (TPSA) is 9.23 Å². The lowest BCUT2D eigenvalue weighted by molar-refractivity contribution is 0.151. The normalized spacial score (nSPS) is 12.0. The third kappa shape index (κ3) is 26.5. The van der Waals surface area contributed by atoms with Crippen molar-refractivity contribution < 1.29 is 4.74 Å². The predicted molar refractivity (Wildman–Crippen MR) is 133 cm³/mol. The number of ether oxygens (including phenoxy) is 1. The van der Waals surface area contributed by atoms with E-state index in [1.807, 2.05) is 6.92 Å². The van der Waals surface area contributed by atoms with Gasteiger partial charge in [-0.25, -0.2) is 0 Å². The first kappa shape index (κ1) is 28.5. The summed E-state index contributed by atoms with van der Waals surface area (Å²) in [6.45, 7) is 7.49. The highest BCUT2D eigenvalue weighted by molar-refractivity contribution is 6.65. The minimum atomic E-state index is -0.389. The van der Waals surface area contributed by atoms with Crippen molar-refractivity contribution >= 4 is 33.4 Å². The smallest absolute Gasteiger partial charge is 0.0972 e. The second-order valence-electron chi connectivity index (χ2n) is 8.84. The monoisotopic (exact) mass is 450 g/mol. The Hall–Kier alpha value is 0.497. The van der Waals surface area contributed by atoms with Crippen LogP contribution >= 0.6 is 23.2 Å². The van der Waals surface area contributed by atoms with E-state index >= 15 is 0 Å². The Morgan fingerprint density at radius 1 is 0.679 bits per heavy atom. The van der Waals surface area contributed by atoms with Crippen LogP contribution in [0.5, 0.6) is 0 Å². The third-order valence-corrected chi connectivity index (χ3v) is 6.13. The van der Waals surface area contributed by atoms with Crippen molar-refractivity contribution in [2.75, 3.05) is 13.2 Å². The van der Waals surface area contributed by atoms with E-state index in [9.17, 15) is 0 Å². The molecule has 0 fully saturated rings. The number of hydrogen-bond donors (Lipinski definition) is 0. The van der Waals surface area contributed by atoms with Gasteiger partial charge in [0.15, 0.2) is 0 Å². The zero-order valence-corrected chi connectivity index (χ0v) is 22.5. The van der Waals surface area contributed by atoms with Crippen LogP contribution in [0.2, 0.25) is 0 Å². The Kier molecular flexibility index (Phi) is 21.1. The Morgan fingerprint density at radius 3 is 1.32 bits per heavy atom. The number of hydrogen-bond acceptors (Lipinski definition) is 1. The molecule has 0 bridgehead atoms. The van der Waals surface area contributed by atoms with Crippen LogP contribution in [0.3, 0.4) is 0 Å². The van der Waals surface area contributed by atoms with Gasteiger partial charge in [0, 0.05) is 16.8 Å². The summed E-state index contributed by atoms with van der Waals surface area (Å²) in [6.07, 6.45) is 24.4. The Bertz CT molecular complexity index is 342. The van der Waals surface area contributed by atoms with Gasteiger partial charge in [0.2, 0.25) is 0 Å². The predicted octanol–water partition coefficient (Wildman–Crippen LogP) is 8.10. The molecule has 0 aromatic carbocycles. The van der Waals surface area contributed by atoms with Gasteiger partial charge >= 0.3 is 0 Å². The SMILES string of the molecule is C=C(C)COCCCCCCCCCCCCCCCCCCCC([SiH3])(Cl)Cl. The number of halogens is 2. The van der Waals surface area contributed by atoms with Crippen LogP contribution in [-0.2, 0) is 4.74 Å². The summed E-state index contributed by atoms with van der Waals surface area (Å²) in [4.78, 5) is 0. The molecule has 0 atom stereocenters. The fourth-order valence-corrected chi connectivity index (χ4v) is 4.16. The second-order valence-corrected chi connectivity index (χ2v) is 13.7. The minimum absolute atomic E-state index is 0.389. The van der Waals surface area contributed by atoms with Gasteiger partial charge in [0.05, 0.1) is 10.6 Å². The molecule has 0 aromatic heterocycles. The summed E-state index contributed by atoms with van der Waals surface area (Å²) in [5.74, 6) is 0. The highest BCUT2D eigenvalue weighted by Crippen LogP contribution is 2.24. The fraction of sp³-hybridized carbons (Fsp3) is 0.917. The van der Waals surface area contributed by atoms with E-state index in [4.69, 9.17) is 27.9 Å². The highest BCUT2D eigenvalue weighted by atomic mass is 35.5. The molecular weight excluding hydrogens is 403 g/mol. The molecule has 0 aliphatic carbocycles. The average molecular weight is 452 g/mol. The van der Waals surface area contributed by atoms with Crippen molar-refractivity contribution in [1.82, 2.24) is 0 Å². The fourth-order valence-electron chi connectivity index (χ4n) is 3.54. The molecule has 0 saturated heterocycles. The van der Waals surface area contributed by atoms with Crippen molar-refractivity contribution in [3.8, 4) is 0 Å². The van der Waals surface area contributed by atoms with Gasteiger partial charge in [-0.15, -0.1) is 23.2 Å². The summed E-state index contributed by atoms with van der Waals surface area (Å²) >= 11 is 12.1. The highest BCUT2D eigenvalue weighted by Gasteiger charge is 2.14. The molecule has 0 N–H and O–H groups in total. The van der Waals surface area contributed by atoms with E-state index in [0.29, 0.717) is 0 Å². The molecular formula is C24H48Cl2OSi. The molecule has 0 unspecified atom stereocenters. The summed E-state index contributed by atoms with van der Waals surface area (Å²) < 4.78 is 5.14. The molecule has 0 aromatic rings. The maximum absolute atomic E-state index is 6.05. The summed E-state index contributed by atoms with van der Waals surface area (Å²) in [5, 5.41) is 0. The van der Waals surface area contributed by atoms with Gasteiger partial charge in [-0.3, -0.25) is 0 Å². The summed E-state index contributed by atoms with van der Waals surface area (Å²) in [6, 6.07) is 0. The molecule has 0 aliphatic heterocycles. The number of alkyl halides is 2. The van der Waals surface area contributed by atoms with E-state index in [-0.39, 0.29) is 3.96 Å². The van der Waals surface area contributed by atoms with Crippen LogP contribution in [0.25, 0.3) is 0 Å². The maximum Gasteiger partial charge on any atom is 0.0972 e. The first-order valence-electron chi connectivity index (χ1n) is 12.0. The van der Waals surface area contributed by atoms with Crippen LogP contribution in [0.1, 0.15) is 122 Å². The molecule has 0 amide bonds. The quantitative estimate of drug-likeness (QED) is 0.0699. The Balaban J connectivity index is 3.04. The first-order valence-corrected chi connectivity index (χ1v) is 13.8. The van der Waals surface area contributed by atoms with Crippen molar-refractivity contribution in [3.05, 3.63) is 12.2 Å². The lowest BCUT2D eigenvalue weighted by Crippen LogP contribution is -2.11. The van der Waals surface area contributed by atoms with Gasteiger partial charge in [-0.1, -0.05) is 115 Å². The van der Waals surface area contributed by atoms with Gasteiger partial charge in [0.1, 0.15) is 0 Å². The number of rotatable bonds is 22. The molecule has 168 valence electrons. The second kappa shape index (κ2) is 20.8. The lowest BCUT2D eigenvalue weighted by Gasteiger charge is -2.12. The number of unbranched alkanes of at least 4 members (excludes halogenated alkanes) is 16. The third-order valence-electron chi connectivity index (χ3n) is 5.25. The molecule has 0 spiro atoms. The Morgan fingerprint density at radius 2 is 1.00 bits per heavy atom. The molecule has 0 radical (unpaired) electrons. The van der Waals surface area contributed by atoms with E-state index in [1.165, 1.54) is 109 Å². The van der Waals surface area contributed by atoms with Gasteiger partial charge in [-0.2, -0.15) is 0 Å². The minimum Gasteiger partial charge on any atom is -0.377 e. The summed E-state index contributed by atoms with van der Waals surface area (Å²) in [7, 11) is 0.873. The van der Waals surface area contributed by atoms with Crippen LogP contribution < -0.4 is 0 Å². The van der Waals surface area contributed by atoms with Crippen molar-refractivity contribution in [1.29, 1.82) is 0 Å². The first-order chi connectivity index (χ1) is 13.4. The van der Waals surface area contributed by atoms with Crippen molar-refractivity contribution in [3.63, 3.8) is 0 Å². The zero-order valence-electron chi connectivity index (χ0n) is 19.0. The van der Waals surface area contributed by atoms with Crippen LogP contribution in [0.15, 0.2) is 12.2 Å². The molecule has 4 heteroatoms. The van der Waals surface area contributed by atoms with Gasteiger partial charge in [0.25, 0.3) is 0 Å². The standard InChI is InChI=1S/C24H48Cl2OSi/c1-23(2)22-27-21-19-17-15-13-11-9-7-5-3-4-6-8-10-12-14-16-18-20-24(25,26)28/h1,3-22H2,2,28H3. The largest absolute Gasteiger partial charge is 0.377 e. The van der Waals surface area contributed by atoms with Crippen LogP contribution in [0, 0.1) is 0 Å². The summed E-state index contributed by atoms with van der Waals surface area (Å²) in [5.41, 5.74) is 1.12. The molecule has 1 nitrogen and oxygen atoms in total. The van der Waals surface area contributed by atoms with Crippen molar-refractivity contribution in [2.24, 2.45) is 0 Å². The molecule has 28 heavy (non-hydrogen) atoms. The van der Waals surface area contributed by atoms with E-state index in [2.05, 4.69) is 6.58 Å². The maximum atomic E-state index is 6.05. The zero-order chi connectivity index (χ0) is 20.9. The van der Waals surface area contributed by atoms with Gasteiger partial charge in [-0.05, 0) is 19.8 Å². The molecule has 0 aliphatic rings. The average Bonchev–Trinajstić information content (AvgIpc) is 2.61. The van der Waals surface area contributed by atoms with Crippen molar-refractivity contribution in [2.45, 2.75) is 126 Å². The molecule has 0 rings (SSSR count). The lowest BCUT2D eigenvalue weighted by atomic mass is 10.0. The molecule has 0 heterocycles. The Labute approximate surface area is 189 Å². The van der Waals surface area contributed by atoms with E-state index < -0.39 is 0 Å². The van der Waals surface area contributed by atoms with Crippen LogP contribution in [-0.4, -0.2) is 27.4 Å². The van der Waals surface area contributed by atoms with E-state index in [0.717, 1.165) is 35.5 Å². The van der Waals surface area contributed by atoms with E-state index in [1.54, 1.807) is 0 Å².